The average molecular weight is 266 g/mol. The molecular weight excluding hydrogens is 257 g/mol. The Morgan fingerprint density at radius 2 is 1.94 bits per heavy atom. The normalized spacial score (nSPS) is 13.4. The maximum atomic E-state index is 11.8. The van der Waals surface area contributed by atoms with Crippen molar-refractivity contribution in [3.63, 3.8) is 0 Å². The van der Waals surface area contributed by atoms with Crippen LogP contribution >= 0.6 is 0 Å². The van der Waals surface area contributed by atoms with E-state index in [2.05, 4.69) is 4.18 Å². The predicted octanol–water partition coefficient (Wildman–Crippen LogP) is 2.38. The Morgan fingerprint density at radius 1 is 1.35 bits per heavy atom. The zero-order valence-electron chi connectivity index (χ0n) is 8.78. The third kappa shape index (κ3) is 3.94. The van der Waals surface area contributed by atoms with E-state index in [1.807, 2.05) is 0 Å². The first-order valence-corrected chi connectivity index (χ1v) is 5.60. The van der Waals surface area contributed by atoms with Crippen molar-refractivity contribution in [1.29, 1.82) is 0 Å². The zero-order chi connectivity index (χ0) is 13.1. The van der Waals surface area contributed by atoms with Gasteiger partial charge in [-0.25, -0.2) is 4.21 Å². The van der Waals surface area contributed by atoms with Gasteiger partial charge in [0.1, 0.15) is 6.61 Å². The van der Waals surface area contributed by atoms with Gasteiger partial charge in [-0.2, -0.15) is 13.2 Å². The van der Waals surface area contributed by atoms with Crippen LogP contribution in [0, 0.1) is 6.92 Å². The van der Waals surface area contributed by atoms with Crippen LogP contribution in [-0.4, -0.2) is 22.1 Å². The molecule has 1 rings (SSSR count). The summed E-state index contributed by atoms with van der Waals surface area (Å²) in [6.07, 6.45) is 0. The van der Waals surface area contributed by atoms with Crippen LogP contribution < -0.4 is 0 Å². The molecule has 1 unspecified atom stereocenters. The van der Waals surface area contributed by atoms with Crippen LogP contribution in [0.1, 0.15) is 15.9 Å². The molecule has 0 saturated heterocycles. The minimum absolute atomic E-state index is 0.256. The molecule has 0 aliphatic heterocycles. The van der Waals surface area contributed by atoms with Crippen LogP contribution in [-0.2, 0) is 15.3 Å². The highest BCUT2D eigenvalue weighted by atomic mass is 32.2. The standard InChI is InChI=1S/C10H9F3O3S/c1-7-4-2-3-5-8(7)9(14)6-16-17(15)10(11,12)13/h2-5H,6H2,1H3. The van der Waals surface area contributed by atoms with Gasteiger partial charge >= 0.3 is 5.51 Å². The van der Waals surface area contributed by atoms with Crippen LogP contribution in [0.25, 0.3) is 0 Å². The lowest BCUT2D eigenvalue weighted by atomic mass is 10.1. The molecule has 17 heavy (non-hydrogen) atoms. The summed E-state index contributed by atoms with van der Waals surface area (Å²) in [7, 11) is 0. The Kier molecular flexibility index (Phi) is 4.41. The molecule has 1 aromatic rings. The number of carbonyl (C=O) groups excluding carboxylic acids is 1. The van der Waals surface area contributed by atoms with E-state index < -0.39 is 29.0 Å². The number of ketones is 1. The summed E-state index contributed by atoms with van der Waals surface area (Å²) in [5.41, 5.74) is -4.09. The van der Waals surface area contributed by atoms with E-state index >= 15 is 0 Å². The maximum Gasteiger partial charge on any atom is 0.497 e. The molecule has 0 fully saturated rings. The van der Waals surface area contributed by atoms with Gasteiger partial charge in [-0.15, -0.1) is 0 Å². The van der Waals surface area contributed by atoms with Crippen molar-refractivity contribution >= 4 is 16.9 Å². The first-order chi connectivity index (χ1) is 7.82. The molecule has 0 N–H and O–H groups in total. The molecule has 0 heterocycles. The molecule has 3 nitrogen and oxygen atoms in total. The SMILES string of the molecule is Cc1ccccc1C(=O)COS(=O)C(F)(F)F. The topological polar surface area (TPSA) is 43.4 Å². The van der Waals surface area contributed by atoms with Gasteiger partial charge in [0.05, 0.1) is 0 Å². The number of carbonyl (C=O) groups is 1. The number of rotatable bonds is 4. The summed E-state index contributed by atoms with van der Waals surface area (Å²) >= 11 is -3.46. The number of benzene rings is 1. The highest BCUT2D eigenvalue weighted by Crippen LogP contribution is 2.21. The van der Waals surface area contributed by atoms with E-state index in [9.17, 15) is 22.2 Å². The number of Topliss-reactive ketones (excluding diaryl/α,β-unsaturated/α-hetero) is 1. The van der Waals surface area contributed by atoms with E-state index in [1.165, 1.54) is 6.07 Å². The molecule has 0 saturated carbocycles. The van der Waals surface area contributed by atoms with Gasteiger partial charge in [-0.05, 0) is 12.5 Å². The molecular formula is C10H9F3O3S. The minimum Gasteiger partial charge on any atom is -0.291 e. The molecule has 0 amide bonds. The third-order valence-electron chi connectivity index (χ3n) is 1.93. The minimum atomic E-state index is -4.97. The second kappa shape index (κ2) is 5.42. The summed E-state index contributed by atoms with van der Waals surface area (Å²) in [5.74, 6) is -0.638. The first kappa shape index (κ1) is 13.9. The second-order valence-electron chi connectivity index (χ2n) is 3.18. The van der Waals surface area contributed by atoms with Crippen LogP contribution in [0.15, 0.2) is 24.3 Å². The molecule has 0 aliphatic rings. The predicted molar refractivity (Wildman–Crippen MR) is 55.7 cm³/mol. The van der Waals surface area contributed by atoms with Crippen molar-refractivity contribution < 1.29 is 26.4 Å². The van der Waals surface area contributed by atoms with Gasteiger partial charge in [-0.1, -0.05) is 24.3 Å². The second-order valence-corrected chi connectivity index (χ2v) is 4.35. The molecule has 1 aromatic carbocycles. The molecule has 0 bridgehead atoms. The van der Waals surface area contributed by atoms with E-state index in [0.29, 0.717) is 5.56 Å². The van der Waals surface area contributed by atoms with Gasteiger partial charge in [0, 0.05) is 5.56 Å². The smallest absolute Gasteiger partial charge is 0.291 e. The number of halogens is 3. The van der Waals surface area contributed by atoms with Crippen LogP contribution in [0.4, 0.5) is 13.2 Å². The van der Waals surface area contributed by atoms with Crippen molar-refractivity contribution in [1.82, 2.24) is 0 Å². The van der Waals surface area contributed by atoms with E-state index in [4.69, 9.17) is 0 Å². The lowest BCUT2D eigenvalue weighted by molar-refractivity contribution is -0.0467. The Balaban J connectivity index is 2.63. The zero-order valence-corrected chi connectivity index (χ0v) is 9.60. The number of hydrogen-bond acceptors (Lipinski definition) is 3. The van der Waals surface area contributed by atoms with Gasteiger partial charge in [0.2, 0.25) is 0 Å². The van der Waals surface area contributed by atoms with Gasteiger partial charge in [0.25, 0.3) is 11.1 Å². The summed E-state index contributed by atoms with van der Waals surface area (Å²) in [5, 5.41) is 0. The monoisotopic (exact) mass is 266 g/mol. The summed E-state index contributed by atoms with van der Waals surface area (Å²) in [6.45, 7) is 0.783. The summed E-state index contributed by atoms with van der Waals surface area (Å²) in [4.78, 5) is 11.5. The highest BCUT2D eigenvalue weighted by molar-refractivity contribution is 7.81. The Bertz CT molecular complexity index is 443. The van der Waals surface area contributed by atoms with Gasteiger partial charge < -0.3 is 0 Å². The van der Waals surface area contributed by atoms with E-state index in [-0.39, 0.29) is 5.56 Å². The molecule has 0 spiro atoms. The quantitative estimate of drug-likeness (QED) is 0.786. The van der Waals surface area contributed by atoms with Crippen molar-refractivity contribution in [2.45, 2.75) is 12.4 Å². The Hall–Kier alpha value is -1.21. The number of alkyl halides is 3. The Labute approximate surface area is 98.2 Å². The summed E-state index contributed by atoms with van der Waals surface area (Å²) < 4.78 is 50.0. The van der Waals surface area contributed by atoms with Crippen molar-refractivity contribution in [3.05, 3.63) is 35.4 Å². The third-order valence-corrected chi connectivity index (χ3v) is 2.64. The van der Waals surface area contributed by atoms with Crippen LogP contribution in [0.5, 0.6) is 0 Å². The molecule has 1 atom stereocenters. The van der Waals surface area contributed by atoms with Gasteiger partial charge in [-0.3, -0.25) is 8.98 Å². The van der Waals surface area contributed by atoms with Crippen molar-refractivity contribution in [2.24, 2.45) is 0 Å². The number of aryl methyl sites for hydroxylation is 1. The van der Waals surface area contributed by atoms with Gasteiger partial charge in [0.15, 0.2) is 5.78 Å². The van der Waals surface area contributed by atoms with Crippen LogP contribution in [0.2, 0.25) is 0 Å². The number of hydrogen-bond donors (Lipinski definition) is 0. The lowest BCUT2D eigenvalue weighted by Gasteiger charge is -2.07. The van der Waals surface area contributed by atoms with Crippen molar-refractivity contribution in [3.8, 4) is 0 Å². The fourth-order valence-electron chi connectivity index (χ4n) is 1.14. The fourth-order valence-corrected chi connectivity index (χ4v) is 1.49. The van der Waals surface area contributed by atoms with Crippen molar-refractivity contribution in [2.75, 3.05) is 6.61 Å². The maximum absolute atomic E-state index is 11.8. The molecule has 0 aromatic heterocycles. The molecule has 94 valence electrons. The lowest BCUT2D eigenvalue weighted by Crippen LogP contribution is -2.22. The fraction of sp³-hybridized carbons (Fsp3) is 0.300. The highest BCUT2D eigenvalue weighted by Gasteiger charge is 2.39. The molecule has 0 aliphatic carbocycles. The van der Waals surface area contributed by atoms with E-state index in [1.54, 1.807) is 25.1 Å². The van der Waals surface area contributed by atoms with E-state index in [0.717, 1.165) is 0 Å². The summed E-state index contributed by atoms with van der Waals surface area (Å²) in [6, 6.07) is 6.40. The van der Waals surface area contributed by atoms with Crippen LogP contribution in [0.3, 0.4) is 0 Å². The Morgan fingerprint density at radius 3 is 2.47 bits per heavy atom. The largest absolute Gasteiger partial charge is 0.497 e. The average Bonchev–Trinajstić information content (AvgIpc) is 2.24. The molecule has 0 radical (unpaired) electrons. The molecule has 7 heteroatoms. The first-order valence-electron chi connectivity index (χ1n) is 4.53.